The second-order valence-corrected chi connectivity index (χ2v) is 6.08. The van der Waals surface area contributed by atoms with Gasteiger partial charge in [-0.05, 0) is 36.0 Å². The van der Waals surface area contributed by atoms with E-state index in [9.17, 15) is 0 Å². The largest absolute Gasteiger partial charge is 0.371 e. The van der Waals surface area contributed by atoms with Gasteiger partial charge < -0.3 is 10.6 Å². The van der Waals surface area contributed by atoms with E-state index in [1.807, 2.05) is 12.1 Å². The lowest BCUT2D eigenvalue weighted by molar-refractivity contribution is 0.293. The zero-order valence-electron chi connectivity index (χ0n) is 10.7. The summed E-state index contributed by atoms with van der Waals surface area (Å²) in [5.74, 6) is 0. The van der Waals surface area contributed by atoms with Gasteiger partial charge in [-0.15, -0.1) is 0 Å². The molecule has 1 saturated heterocycles. The van der Waals surface area contributed by atoms with Gasteiger partial charge in [0, 0.05) is 30.3 Å². The third-order valence-electron chi connectivity index (χ3n) is 3.52. The average Bonchev–Trinajstić information content (AvgIpc) is 2.27. The van der Waals surface area contributed by atoms with E-state index in [1.165, 1.54) is 18.5 Å². The number of nitrogens with two attached hydrogens (primary N) is 1. The number of benzene rings is 1. The molecule has 1 heterocycles. The molecule has 0 bridgehead atoms. The normalized spacial score (nSPS) is 19.4. The molecule has 1 aromatic carbocycles. The minimum atomic E-state index is 0.400. The van der Waals surface area contributed by atoms with Gasteiger partial charge in [-0.3, -0.25) is 0 Å². The van der Waals surface area contributed by atoms with Crippen LogP contribution in [-0.4, -0.2) is 13.1 Å². The molecule has 0 atom stereocenters. The molecule has 0 aromatic heterocycles. The molecule has 0 unspecified atom stereocenters. The van der Waals surface area contributed by atoms with E-state index in [2.05, 4.69) is 24.8 Å². The molecule has 0 aliphatic carbocycles. The number of nitrogens with zero attached hydrogens (tertiary/aromatic N) is 1. The van der Waals surface area contributed by atoms with E-state index in [0.717, 1.165) is 23.7 Å². The fourth-order valence-corrected chi connectivity index (χ4v) is 2.79. The van der Waals surface area contributed by atoms with E-state index >= 15 is 0 Å². The van der Waals surface area contributed by atoms with E-state index < -0.39 is 0 Å². The van der Waals surface area contributed by atoms with E-state index in [0.29, 0.717) is 12.0 Å². The molecule has 0 amide bonds. The summed E-state index contributed by atoms with van der Waals surface area (Å²) in [4.78, 5) is 2.43. The number of anilines is 1. The summed E-state index contributed by atoms with van der Waals surface area (Å²) < 4.78 is 0. The van der Waals surface area contributed by atoms with Gasteiger partial charge in [0.15, 0.2) is 0 Å². The fraction of sp³-hybridized carbons (Fsp3) is 0.571. The van der Waals surface area contributed by atoms with Crippen LogP contribution in [0, 0.1) is 5.41 Å². The predicted molar refractivity (Wildman–Crippen MR) is 74.6 cm³/mol. The Kier molecular flexibility index (Phi) is 3.64. The summed E-state index contributed by atoms with van der Waals surface area (Å²) >= 11 is 6.21. The Hall–Kier alpha value is -0.730. The van der Waals surface area contributed by atoms with Crippen LogP contribution in [-0.2, 0) is 6.54 Å². The molecule has 3 heteroatoms. The van der Waals surface area contributed by atoms with Crippen molar-refractivity contribution in [2.24, 2.45) is 11.1 Å². The van der Waals surface area contributed by atoms with Gasteiger partial charge >= 0.3 is 0 Å². The molecular formula is C14H21ClN2. The number of halogens is 1. The highest BCUT2D eigenvalue weighted by Gasteiger charge is 2.26. The zero-order valence-corrected chi connectivity index (χ0v) is 11.4. The minimum Gasteiger partial charge on any atom is -0.371 e. The summed E-state index contributed by atoms with van der Waals surface area (Å²) in [5, 5.41) is 0.786. The third kappa shape index (κ3) is 2.93. The van der Waals surface area contributed by atoms with E-state index in [4.69, 9.17) is 17.3 Å². The molecule has 1 aromatic rings. The number of rotatable bonds is 2. The first-order chi connectivity index (χ1) is 8.02. The van der Waals surface area contributed by atoms with Gasteiger partial charge in [-0.25, -0.2) is 0 Å². The highest BCUT2D eigenvalue weighted by atomic mass is 35.5. The molecule has 1 fully saturated rings. The first kappa shape index (κ1) is 12.7. The quantitative estimate of drug-likeness (QED) is 0.874. The highest BCUT2D eigenvalue weighted by Crippen LogP contribution is 2.33. The van der Waals surface area contributed by atoms with Crippen LogP contribution in [0.5, 0.6) is 0 Å². The van der Waals surface area contributed by atoms with Crippen LogP contribution in [0.25, 0.3) is 0 Å². The van der Waals surface area contributed by atoms with Gasteiger partial charge in [-0.1, -0.05) is 31.5 Å². The maximum absolute atomic E-state index is 6.21. The molecule has 1 aliphatic rings. The molecule has 2 nitrogen and oxygen atoms in total. The van der Waals surface area contributed by atoms with E-state index in [-0.39, 0.29) is 0 Å². The van der Waals surface area contributed by atoms with Crippen molar-refractivity contribution >= 4 is 17.3 Å². The smallest absolute Gasteiger partial charge is 0.0471 e. The van der Waals surface area contributed by atoms with Crippen molar-refractivity contribution in [2.45, 2.75) is 33.2 Å². The molecule has 2 N–H and O–H groups in total. The minimum absolute atomic E-state index is 0.400. The van der Waals surface area contributed by atoms with Crippen molar-refractivity contribution in [1.82, 2.24) is 0 Å². The van der Waals surface area contributed by atoms with Crippen LogP contribution in [0.2, 0.25) is 5.02 Å². The maximum atomic E-state index is 6.21. The SMILES string of the molecule is CC1(C)CCCN(c2ccc(CN)c(Cl)c2)C1. The molecule has 0 saturated carbocycles. The van der Waals surface area contributed by atoms with Gasteiger partial charge in [0.05, 0.1) is 0 Å². The lowest BCUT2D eigenvalue weighted by Gasteiger charge is -2.39. The van der Waals surface area contributed by atoms with Gasteiger partial charge in [0.25, 0.3) is 0 Å². The Balaban J connectivity index is 2.19. The number of hydrogen-bond donors (Lipinski definition) is 1. The maximum Gasteiger partial charge on any atom is 0.0471 e. The Bertz CT molecular complexity index is 401. The number of piperidine rings is 1. The highest BCUT2D eigenvalue weighted by molar-refractivity contribution is 6.31. The summed E-state index contributed by atoms with van der Waals surface area (Å²) in [7, 11) is 0. The van der Waals surface area contributed by atoms with Crippen molar-refractivity contribution in [3.63, 3.8) is 0 Å². The number of hydrogen-bond acceptors (Lipinski definition) is 2. The van der Waals surface area contributed by atoms with Crippen molar-refractivity contribution in [1.29, 1.82) is 0 Å². The summed E-state index contributed by atoms with van der Waals surface area (Å²) in [6.07, 6.45) is 2.56. The van der Waals surface area contributed by atoms with Crippen LogP contribution in [0.15, 0.2) is 18.2 Å². The second kappa shape index (κ2) is 4.87. The third-order valence-corrected chi connectivity index (χ3v) is 3.87. The standard InChI is InChI=1S/C14H21ClN2/c1-14(2)6-3-7-17(10-14)12-5-4-11(9-16)13(15)8-12/h4-5,8H,3,6-7,9-10,16H2,1-2H3. The Morgan fingerprint density at radius 1 is 1.41 bits per heavy atom. The lowest BCUT2D eigenvalue weighted by atomic mass is 9.84. The fourth-order valence-electron chi connectivity index (χ4n) is 2.54. The van der Waals surface area contributed by atoms with Crippen LogP contribution < -0.4 is 10.6 Å². The van der Waals surface area contributed by atoms with Crippen molar-refractivity contribution in [2.75, 3.05) is 18.0 Å². The van der Waals surface area contributed by atoms with Gasteiger partial charge in [-0.2, -0.15) is 0 Å². The molecule has 94 valence electrons. The Labute approximate surface area is 109 Å². The van der Waals surface area contributed by atoms with Gasteiger partial charge in [0.1, 0.15) is 0 Å². The van der Waals surface area contributed by atoms with Crippen molar-refractivity contribution in [3.8, 4) is 0 Å². The summed E-state index contributed by atoms with van der Waals surface area (Å²) in [6, 6.07) is 6.22. The zero-order chi connectivity index (χ0) is 12.5. The first-order valence-electron chi connectivity index (χ1n) is 6.25. The molecular weight excluding hydrogens is 232 g/mol. The monoisotopic (exact) mass is 252 g/mol. The lowest BCUT2D eigenvalue weighted by Crippen LogP contribution is -2.40. The van der Waals surface area contributed by atoms with Crippen LogP contribution >= 0.6 is 11.6 Å². The molecule has 2 rings (SSSR count). The van der Waals surface area contributed by atoms with Crippen LogP contribution in [0.3, 0.4) is 0 Å². The predicted octanol–water partition coefficient (Wildman–Crippen LogP) is 3.43. The Morgan fingerprint density at radius 3 is 2.76 bits per heavy atom. The second-order valence-electron chi connectivity index (χ2n) is 5.67. The molecule has 0 radical (unpaired) electrons. The van der Waals surface area contributed by atoms with Crippen LogP contribution in [0.1, 0.15) is 32.3 Å². The van der Waals surface area contributed by atoms with Crippen LogP contribution in [0.4, 0.5) is 5.69 Å². The van der Waals surface area contributed by atoms with Crippen molar-refractivity contribution < 1.29 is 0 Å². The molecule has 1 aliphatic heterocycles. The first-order valence-corrected chi connectivity index (χ1v) is 6.63. The molecule has 0 spiro atoms. The molecule has 17 heavy (non-hydrogen) atoms. The van der Waals surface area contributed by atoms with Crippen molar-refractivity contribution in [3.05, 3.63) is 28.8 Å². The average molecular weight is 253 g/mol. The Morgan fingerprint density at radius 2 is 2.18 bits per heavy atom. The van der Waals surface area contributed by atoms with Gasteiger partial charge in [0.2, 0.25) is 0 Å². The summed E-state index contributed by atoms with van der Waals surface area (Å²) in [6.45, 7) is 7.39. The summed E-state index contributed by atoms with van der Waals surface area (Å²) in [5.41, 5.74) is 8.27. The topological polar surface area (TPSA) is 29.3 Å². The van der Waals surface area contributed by atoms with E-state index in [1.54, 1.807) is 0 Å².